The molecular formula is C13H10F2N2S. The molecule has 1 N–H and O–H groups in total. The summed E-state index contributed by atoms with van der Waals surface area (Å²) in [6, 6.07) is 11.8. The highest BCUT2D eigenvalue weighted by Gasteiger charge is 2.19. The highest BCUT2D eigenvalue weighted by atomic mass is 32.2. The molecule has 5 heteroatoms. The molecule has 2 aromatic rings. The summed E-state index contributed by atoms with van der Waals surface area (Å²) < 4.78 is 31.2. The van der Waals surface area contributed by atoms with Crippen LogP contribution in [0.4, 0.5) is 20.2 Å². The number of rotatable bonds is 1. The molecule has 92 valence electrons. The van der Waals surface area contributed by atoms with Crippen LogP contribution in [-0.4, -0.2) is 0 Å². The third kappa shape index (κ3) is 1.95. The number of benzene rings is 2. The minimum Gasteiger partial charge on any atom is -0.271 e. The maximum Gasteiger partial charge on any atom is 0.160 e. The van der Waals surface area contributed by atoms with Crippen LogP contribution in [0.2, 0.25) is 0 Å². The van der Waals surface area contributed by atoms with Crippen LogP contribution < -0.4 is 9.03 Å². The summed E-state index contributed by atoms with van der Waals surface area (Å²) in [7, 11) is 0. The Morgan fingerprint density at radius 2 is 1.89 bits per heavy atom. The lowest BCUT2D eigenvalue weighted by molar-refractivity contribution is 0.509. The van der Waals surface area contributed by atoms with Crippen LogP contribution in [0.25, 0.3) is 0 Å². The van der Waals surface area contributed by atoms with Crippen molar-refractivity contribution in [1.82, 2.24) is 4.72 Å². The molecule has 0 radical (unpaired) electrons. The molecule has 1 heterocycles. The topological polar surface area (TPSA) is 15.3 Å². The largest absolute Gasteiger partial charge is 0.271 e. The van der Waals surface area contributed by atoms with Gasteiger partial charge < -0.3 is 0 Å². The molecule has 0 unspecified atom stereocenters. The maximum absolute atomic E-state index is 13.3. The summed E-state index contributed by atoms with van der Waals surface area (Å²) in [4.78, 5) is 0. The maximum atomic E-state index is 13.3. The van der Waals surface area contributed by atoms with Crippen LogP contribution >= 0.6 is 12.1 Å². The van der Waals surface area contributed by atoms with Crippen molar-refractivity contribution < 1.29 is 8.78 Å². The Bertz CT molecular complexity index is 589. The van der Waals surface area contributed by atoms with Crippen LogP contribution in [0, 0.1) is 11.6 Å². The Balaban J connectivity index is 2.05. The predicted molar refractivity (Wildman–Crippen MR) is 69.4 cm³/mol. The summed E-state index contributed by atoms with van der Waals surface area (Å²) in [5.41, 5.74) is 2.73. The number of nitrogens with one attached hydrogen (secondary N) is 1. The smallest absolute Gasteiger partial charge is 0.160 e. The SMILES string of the molecule is Fc1ccc(N2SNCc3ccccc32)cc1F. The zero-order valence-corrected chi connectivity index (χ0v) is 10.2. The van der Waals surface area contributed by atoms with Gasteiger partial charge >= 0.3 is 0 Å². The van der Waals surface area contributed by atoms with Gasteiger partial charge in [-0.15, -0.1) is 0 Å². The van der Waals surface area contributed by atoms with E-state index in [0.29, 0.717) is 5.69 Å². The molecule has 0 saturated heterocycles. The second-order valence-electron chi connectivity index (χ2n) is 3.93. The highest BCUT2D eigenvalue weighted by Crippen LogP contribution is 2.37. The van der Waals surface area contributed by atoms with Crippen molar-refractivity contribution in [2.75, 3.05) is 4.31 Å². The second kappa shape index (κ2) is 4.59. The molecule has 3 rings (SSSR count). The van der Waals surface area contributed by atoms with Gasteiger partial charge in [-0.25, -0.2) is 13.5 Å². The first-order valence-electron chi connectivity index (χ1n) is 5.48. The lowest BCUT2D eigenvalue weighted by atomic mass is 10.1. The van der Waals surface area contributed by atoms with Crippen LogP contribution in [0.5, 0.6) is 0 Å². The fraction of sp³-hybridized carbons (Fsp3) is 0.0769. The van der Waals surface area contributed by atoms with E-state index in [9.17, 15) is 8.78 Å². The van der Waals surface area contributed by atoms with Gasteiger partial charge in [0.2, 0.25) is 0 Å². The minimum absolute atomic E-state index is 0.610. The number of hydrogen-bond acceptors (Lipinski definition) is 3. The molecule has 0 aromatic heterocycles. The van der Waals surface area contributed by atoms with E-state index in [4.69, 9.17) is 0 Å². The van der Waals surface area contributed by atoms with Crippen molar-refractivity contribution in [3.05, 3.63) is 59.7 Å². The van der Waals surface area contributed by atoms with Crippen molar-refractivity contribution in [2.24, 2.45) is 0 Å². The van der Waals surface area contributed by atoms with Gasteiger partial charge in [0.1, 0.15) is 0 Å². The fourth-order valence-electron chi connectivity index (χ4n) is 1.89. The van der Waals surface area contributed by atoms with Gasteiger partial charge in [0.25, 0.3) is 0 Å². The zero-order chi connectivity index (χ0) is 12.5. The lowest BCUT2D eigenvalue weighted by Gasteiger charge is -2.29. The lowest BCUT2D eigenvalue weighted by Crippen LogP contribution is -2.23. The van der Waals surface area contributed by atoms with Gasteiger partial charge in [-0.1, -0.05) is 18.2 Å². The van der Waals surface area contributed by atoms with E-state index in [1.165, 1.54) is 18.2 Å². The number of fused-ring (bicyclic) bond motifs is 1. The normalized spacial score (nSPS) is 14.4. The van der Waals surface area contributed by atoms with Gasteiger partial charge in [-0.3, -0.25) is 4.31 Å². The van der Waals surface area contributed by atoms with Crippen molar-refractivity contribution in [3.63, 3.8) is 0 Å². The summed E-state index contributed by atoms with van der Waals surface area (Å²) in [5, 5.41) is 0. The molecule has 2 nitrogen and oxygen atoms in total. The Morgan fingerprint density at radius 1 is 1.06 bits per heavy atom. The highest BCUT2D eigenvalue weighted by molar-refractivity contribution is 7.99. The average molecular weight is 264 g/mol. The van der Waals surface area contributed by atoms with Crippen LogP contribution in [0.15, 0.2) is 42.5 Å². The summed E-state index contributed by atoms with van der Waals surface area (Å²) >= 11 is 1.37. The van der Waals surface area contributed by atoms with Crippen molar-refractivity contribution in [3.8, 4) is 0 Å². The van der Waals surface area contributed by atoms with Crippen LogP contribution in [0.3, 0.4) is 0 Å². The molecule has 0 aliphatic carbocycles. The predicted octanol–water partition coefficient (Wildman–Crippen LogP) is 3.77. The number of nitrogens with zero attached hydrogens (tertiary/aromatic N) is 1. The molecule has 0 amide bonds. The summed E-state index contributed by atoms with van der Waals surface area (Å²) in [5.74, 6) is -1.67. The van der Waals surface area contributed by atoms with Gasteiger partial charge in [0.05, 0.1) is 11.4 Å². The Hall–Kier alpha value is -1.59. The molecule has 0 fully saturated rings. The molecule has 0 atom stereocenters. The van der Waals surface area contributed by atoms with Crippen LogP contribution in [0.1, 0.15) is 5.56 Å². The number of anilines is 2. The molecular weight excluding hydrogens is 254 g/mol. The molecule has 0 bridgehead atoms. The molecule has 2 aromatic carbocycles. The van der Waals surface area contributed by atoms with E-state index in [0.717, 1.165) is 23.9 Å². The van der Waals surface area contributed by atoms with Crippen LogP contribution in [-0.2, 0) is 6.54 Å². The second-order valence-corrected chi connectivity index (χ2v) is 4.77. The zero-order valence-electron chi connectivity index (χ0n) is 9.36. The number of para-hydroxylation sites is 1. The first-order chi connectivity index (χ1) is 8.75. The standard InChI is InChI=1S/C13H10F2N2S/c14-11-6-5-10(7-12(11)15)17-13-4-2-1-3-9(13)8-16-18-17/h1-7,16H,8H2. The van der Waals surface area contributed by atoms with E-state index in [1.54, 1.807) is 6.07 Å². The van der Waals surface area contributed by atoms with E-state index in [2.05, 4.69) is 4.72 Å². The fourth-order valence-corrected chi connectivity index (χ4v) is 2.73. The van der Waals surface area contributed by atoms with E-state index in [-0.39, 0.29) is 0 Å². The van der Waals surface area contributed by atoms with E-state index in [1.807, 2.05) is 28.6 Å². The number of halogens is 2. The Labute approximate surface area is 108 Å². The third-order valence-corrected chi connectivity index (χ3v) is 3.63. The van der Waals surface area contributed by atoms with Crippen molar-refractivity contribution in [2.45, 2.75) is 6.54 Å². The van der Waals surface area contributed by atoms with Gasteiger partial charge in [0, 0.05) is 24.7 Å². The molecule has 1 aliphatic rings. The van der Waals surface area contributed by atoms with Gasteiger partial charge in [-0.2, -0.15) is 0 Å². The quantitative estimate of drug-likeness (QED) is 0.789. The molecule has 18 heavy (non-hydrogen) atoms. The molecule has 1 aliphatic heterocycles. The number of hydrogen-bond donors (Lipinski definition) is 1. The van der Waals surface area contributed by atoms with Crippen molar-refractivity contribution >= 4 is 23.5 Å². The monoisotopic (exact) mass is 264 g/mol. The third-order valence-electron chi connectivity index (χ3n) is 2.77. The first-order valence-corrected chi connectivity index (χ1v) is 6.26. The van der Waals surface area contributed by atoms with Gasteiger partial charge in [0.15, 0.2) is 11.6 Å². The van der Waals surface area contributed by atoms with E-state index >= 15 is 0 Å². The summed E-state index contributed by atoms with van der Waals surface area (Å²) in [6.45, 7) is 0.751. The summed E-state index contributed by atoms with van der Waals surface area (Å²) in [6.07, 6.45) is 0. The van der Waals surface area contributed by atoms with Crippen molar-refractivity contribution in [1.29, 1.82) is 0 Å². The Morgan fingerprint density at radius 3 is 2.72 bits per heavy atom. The first kappa shape index (κ1) is 11.5. The molecule has 0 spiro atoms. The minimum atomic E-state index is -0.837. The molecule has 0 saturated carbocycles. The van der Waals surface area contributed by atoms with Gasteiger partial charge in [-0.05, 0) is 23.8 Å². The average Bonchev–Trinajstić information content (AvgIpc) is 2.41. The van der Waals surface area contributed by atoms with E-state index < -0.39 is 11.6 Å². The Kier molecular flexibility index (Phi) is 2.93.